The molecule has 16 heavy (non-hydrogen) atoms. The molecule has 6 nitrogen and oxygen atoms in total. The number of rotatable bonds is 3. The van der Waals surface area contributed by atoms with Gasteiger partial charge in [0.15, 0.2) is 0 Å². The lowest BCUT2D eigenvalue weighted by Crippen LogP contribution is -2.49. The normalized spacial score (nSPS) is 21.6. The van der Waals surface area contributed by atoms with Crippen molar-refractivity contribution in [1.29, 1.82) is 0 Å². The number of nitrogens with one attached hydrogen (secondary N) is 1. The summed E-state index contributed by atoms with van der Waals surface area (Å²) in [5, 5.41) is 11.0. The lowest BCUT2D eigenvalue weighted by atomic mass is 10.2. The van der Waals surface area contributed by atoms with Crippen LogP contribution in [0.25, 0.3) is 0 Å². The number of carboxylic acid groups (broad SMARTS) is 1. The molecule has 2 amide bonds. The maximum absolute atomic E-state index is 11.7. The van der Waals surface area contributed by atoms with Crippen LogP contribution in [0.1, 0.15) is 26.7 Å². The number of hydrogen-bond donors (Lipinski definition) is 2. The Morgan fingerprint density at radius 2 is 2.06 bits per heavy atom. The molecule has 1 rings (SSSR count). The van der Waals surface area contributed by atoms with Crippen LogP contribution in [-0.4, -0.2) is 46.4 Å². The highest BCUT2D eigenvalue weighted by atomic mass is 16.4. The molecular formula is C10H16N2O4. The Bertz CT molecular complexity index is 316. The molecule has 0 aromatic carbocycles. The van der Waals surface area contributed by atoms with Crippen LogP contribution in [0.5, 0.6) is 0 Å². The van der Waals surface area contributed by atoms with Crippen molar-refractivity contribution in [1.82, 2.24) is 10.2 Å². The lowest BCUT2D eigenvalue weighted by molar-refractivity contribution is -0.143. The first-order valence-corrected chi connectivity index (χ1v) is 5.24. The monoisotopic (exact) mass is 228 g/mol. The van der Waals surface area contributed by atoms with Crippen molar-refractivity contribution in [2.24, 2.45) is 0 Å². The molecule has 2 N–H and O–H groups in total. The van der Waals surface area contributed by atoms with E-state index in [1.54, 1.807) is 0 Å². The fourth-order valence-electron chi connectivity index (χ4n) is 1.79. The number of amides is 2. The second-order valence-corrected chi connectivity index (χ2v) is 3.94. The first-order chi connectivity index (χ1) is 7.43. The zero-order valence-corrected chi connectivity index (χ0v) is 9.40. The van der Waals surface area contributed by atoms with E-state index in [4.69, 9.17) is 5.11 Å². The quantitative estimate of drug-likeness (QED) is 0.687. The lowest BCUT2D eigenvalue weighted by Gasteiger charge is -2.23. The van der Waals surface area contributed by atoms with Crippen LogP contribution < -0.4 is 5.32 Å². The second kappa shape index (κ2) is 4.96. The van der Waals surface area contributed by atoms with Crippen molar-refractivity contribution >= 4 is 17.8 Å². The Morgan fingerprint density at radius 3 is 2.56 bits per heavy atom. The van der Waals surface area contributed by atoms with Gasteiger partial charge in [-0.1, -0.05) is 0 Å². The largest absolute Gasteiger partial charge is 0.480 e. The van der Waals surface area contributed by atoms with Gasteiger partial charge in [-0.15, -0.1) is 0 Å². The molecule has 0 saturated carbocycles. The van der Waals surface area contributed by atoms with Crippen molar-refractivity contribution in [3.8, 4) is 0 Å². The molecule has 0 aromatic rings. The van der Waals surface area contributed by atoms with Crippen LogP contribution in [0.15, 0.2) is 0 Å². The van der Waals surface area contributed by atoms with E-state index >= 15 is 0 Å². The predicted octanol–water partition coefficient (Wildman–Crippen LogP) is -0.413. The van der Waals surface area contributed by atoms with Gasteiger partial charge in [0.2, 0.25) is 11.8 Å². The first kappa shape index (κ1) is 12.5. The van der Waals surface area contributed by atoms with E-state index in [-0.39, 0.29) is 11.8 Å². The third-order valence-corrected chi connectivity index (χ3v) is 2.69. The predicted molar refractivity (Wildman–Crippen MR) is 55.6 cm³/mol. The SMILES string of the molecule is CC(=O)N1CCC[C@H]1C(=O)N[C@@H](C)C(=O)O. The Morgan fingerprint density at radius 1 is 1.44 bits per heavy atom. The highest BCUT2D eigenvalue weighted by Crippen LogP contribution is 2.17. The van der Waals surface area contributed by atoms with Gasteiger partial charge in [-0.05, 0) is 19.8 Å². The van der Waals surface area contributed by atoms with Gasteiger partial charge < -0.3 is 15.3 Å². The van der Waals surface area contributed by atoms with E-state index in [0.717, 1.165) is 6.42 Å². The van der Waals surface area contributed by atoms with E-state index in [1.165, 1.54) is 18.7 Å². The summed E-state index contributed by atoms with van der Waals surface area (Å²) in [5.74, 6) is -1.62. The van der Waals surface area contributed by atoms with Gasteiger partial charge in [-0.2, -0.15) is 0 Å². The van der Waals surface area contributed by atoms with Crippen LogP contribution in [0.2, 0.25) is 0 Å². The number of nitrogens with zero attached hydrogens (tertiary/aromatic N) is 1. The molecule has 90 valence electrons. The molecule has 1 heterocycles. The third-order valence-electron chi connectivity index (χ3n) is 2.69. The first-order valence-electron chi connectivity index (χ1n) is 5.24. The van der Waals surface area contributed by atoms with Crippen LogP contribution in [0.3, 0.4) is 0 Å². The van der Waals surface area contributed by atoms with Crippen LogP contribution in [0, 0.1) is 0 Å². The molecule has 1 saturated heterocycles. The fourth-order valence-corrected chi connectivity index (χ4v) is 1.79. The maximum atomic E-state index is 11.7. The molecule has 1 aliphatic heterocycles. The Kier molecular flexibility index (Phi) is 3.87. The summed E-state index contributed by atoms with van der Waals surface area (Å²) in [6, 6.07) is -1.44. The van der Waals surface area contributed by atoms with Crippen molar-refractivity contribution in [2.75, 3.05) is 6.54 Å². The van der Waals surface area contributed by atoms with Gasteiger partial charge in [0.25, 0.3) is 0 Å². The topological polar surface area (TPSA) is 86.7 Å². The molecule has 6 heteroatoms. The van der Waals surface area contributed by atoms with Crippen molar-refractivity contribution in [2.45, 2.75) is 38.8 Å². The van der Waals surface area contributed by atoms with Crippen molar-refractivity contribution in [3.63, 3.8) is 0 Å². The van der Waals surface area contributed by atoms with E-state index in [1.807, 2.05) is 0 Å². The molecular weight excluding hydrogens is 212 g/mol. The molecule has 2 atom stereocenters. The number of likely N-dealkylation sites (tertiary alicyclic amines) is 1. The van der Waals surface area contributed by atoms with Crippen LogP contribution in [-0.2, 0) is 14.4 Å². The van der Waals surface area contributed by atoms with Crippen LogP contribution in [0.4, 0.5) is 0 Å². The molecule has 0 aliphatic carbocycles. The highest BCUT2D eigenvalue weighted by Gasteiger charge is 2.33. The Hall–Kier alpha value is -1.59. The minimum absolute atomic E-state index is 0.152. The zero-order valence-electron chi connectivity index (χ0n) is 9.40. The summed E-state index contributed by atoms with van der Waals surface area (Å²) in [5.41, 5.74) is 0. The zero-order chi connectivity index (χ0) is 12.3. The summed E-state index contributed by atoms with van der Waals surface area (Å²) in [6.45, 7) is 3.37. The average molecular weight is 228 g/mol. The van der Waals surface area contributed by atoms with E-state index in [2.05, 4.69) is 5.32 Å². The summed E-state index contributed by atoms with van der Waals surface area (Å²) in [4.78, 5) is 35.0. The number of carboxylic acids is 1. The highest BCUT2D eigenvalue weighted by molar-refractivity contribution is 5.90. The van der Waals surface area contributed by atoms with Gasteiger partial charge in [0.1, 0.15) is 12.1 Å². The average Bonchev–Trinajstić information content (AvgIpc) is 2.65. The third kappa shape index (κ3) is 2.71. The smallest absolute Gasteiger partial charge is 0.325 e. The number of carbonyl (C=O) groups excluding carboxylic acids is 2. The molecule has 0 radical (unpaired) electrons. The summed E-state index contributed by atoms with van der Waals surface area (Å²) >= 11 is 0. The standard InChI is InChI=1S/C10H16N2O4/c1-6(10(15)16)11-9(14)8-4-3-5-12(8)7(2)13/h6,8H,3-5H2,1-2H3,(H,11,14)(H,15,16)/t6-,8-/m0/s1. The van der Waals surface area contributed by atoms with Gasteiger partial charge in [0, 0.05) is 13.5 Å². The fraction of sp³-hybridized carbons (Fsp3) is 0.700. The number of aliphatic carboxylic acids is 1. The summed E-state index contributed by atoms with van der Waals surface area (Å²) in [7, 11) is 0. The molecule has 0 bridgehead atoms. The molecule has 1 fully saturated rings. The number of hydrogen-bond acceptors (Lipinski definition) is 3. The minimum atomic E-state index is -1.08. The van der Waals surface area contributed by atoms with Crippen molar-refractivity contribution in [3.05, 3.63) is 0 Å². The molecule has 0 spiro atoms. The van der Waals surface area contributed by atoms with Gasteiger partial charge >= 0.3 is 5.97 Å². The molecule has 0 unspecified atom stereocenters. The van der Waals surface area contributed by atoms with Gasteiger partial charge in [-0.25, -0.2) is 0 Å². The second-order valence-electron chi connectivity index (χ2n) is 3.94. The van der Waals surface area contributed by atoms with Crippen LogP contribution >= 0.6 is 0 Å². The molecule has 0 aromatic heterocycles. The Balaban J connectivity index is 2.60. The maximum Gasteiger partial charge on any atom is 0.325 e. The van der Waals surface area contributed by atoms with Gasteiger partial charge in [-0.3, -0.25) is 14.4 Å². The Labute approximate surface area is 93.6 Å². The summed E-state index contributed by atoms with van der Waals surface area (Å²) < 4.78 is 0. The number of carbonyl (C=O) groups is 3. The van der Waals surface area contributed by atoms with E-state index < -0.39 is 18.1 Å². The minimum Gasteiger partial charge on any atom is -0.480 e. The van der Waals surface area contributed by atoms with Crippen molar-refractivity contribution < 1.29 is 19.5 Å². The van der Waals surface area contributed by atoms with E-state index in [9.17, 15) is 14.4 Å². The van der Waals surface area contributed by atoms with Gasteiger partial charge in [0.05, 0.1) is 0 Å². The van der Waals surface area contributed by atoms with E-state index in [0.29, 0.717) is 13.0 Å². The summed E-state index contributed by atoms with van der Waals surface area (Å²) in [6.07, 6.45) is 1.37. The molecule has 1 aliphatic rings.